The van der Waals surface area contributed by atoms with Gasteiger partial charge in [0, 0.05) is 27.9 Å². The van der Waals surface area contributed by atoms with Crippen LogP contribution < -0.4 is 16.0 Å². The van der Waals surface area contributed by atoms with Crippen LogP contribution in [0.15, 0.2) is 48.5 Å². The number of hydrogen-bond donors (Lipinski definition) is 3. The minimum absolute atomic E-state index is 0.0636. The second kappa shape index (κ2) is 9.66. The molecule has 0 saturated heterocycles. The Morgan fingerprint density at radius 2 is 1.61 bits per heavy atom. The average Bonchev–Trinajstić information content (AvgIpc) is 2.69. The average molecular weight is 416 g/mol. The number of anilines is 2. The SMILES string of the molecule is O=C(NC(=S)Nc1cccc(NC(=O)C2CCCCC2)c1)c1cccc(Cl)c1. The van der Waals surface area contributed by atoms with Gasteiger partial charge in [0.05, 0.1) is 0 Å². The van der Waals surface area contributed by atoms with E-state index in [-0.39, 0.29) is 22.8 Å². The zero-order valence-corrected chi connectivity index (χ0v) is 16.9. The Labute approximate surface area is 174 Å². The molecule has 3 N–H and O–H groups in total. The van der Waals surface area contributed by atoms with E-state index in [0.29, 0.717) is 22.0 Å². The van der Waals surface area contributed by atoms with Crippen molar-refractivity contribution in [3.8, 4) is 0 Å². The van der Waals surface area contributed by atoms with Crippen LogP contribution in [0, 0.1) is 5.92 Å². The molecule has 1 aliphatic rings. The van der Waals surface area contributed by atoms with Crippen molar-refractivity contribution in [2.75, 3.05) is 10.6 Å². The molecule has 5 nitrogen and oxygen atoms in total. The molecule has 0 bridgehead atoms. The number of nitrogens with one attached hydrogen (secondary N) is 3. The van der Waals surface area contributed by atoms with Gasteiger partial charge in [-0.05, 0) is 61.5 Å². The van der Waals surface area contributed by atoms with Gasteiger partial charge in [-0.25, -0.2) is 0 Å². The van der Waals surface area contributed by atoms with Crippen molar-refractivity contribution in [1.29, 1.82) is 0 Å². The van der Waals surface area contributed by atoms with Gasteiger partial charge in [0.1, 0.15) is 0 Å². The van der Waals surface area contributed by atoms with E-state index in [4.69, 9.17) is 23.8 Å². The third-order valence-electron chi connectivity index (χ3n) is 4.68. The quantitative estimate of drug-likeness (QED) is 0.615. The highest BCUT2D eigenvalue weighted by Crippen LogP contribution is 2.25. The first-order valence-corrected chi connectivity index (χ1v) is 10.1. The Bertz CT molecular complexity index is 881. The lowest BCUT2D eigenvalue weighted by atomic mass is 9.88. The summed E-state index contributed by atoms with van der Waals surface area (Å²) in [6, 6.07) is 13.9. The van der Waals surface area contributed by atoms with Gasteiger partial charge in [-0.15, -0.1) is 0 Å². The molecule has 0 heterocycles. The smallest absolute Gasteiger partial charge is 0.257 e. The maximum Gasteiger partial charge on any atom is 0.257 e. The van der Waals surface area contributed by atoms with Gasteiger partial charge in [-0.1, -0.05) is 43.0 Å². The monoisotopic (exact) mass is 415 g/mol. The van der Waals surface area contributed by atoms with Crippen molar-refractivity contribution in [3.05, 3.63) is 59.1 Å². The molecule has 1 aliphatic carbocycles. The first-order valence-electron chi connectivity index (χ1n) is 9.30. The summed E-state index contributed by atoms with van der Waals surface area (Å²) in [6.45, 7) is 0. The van der Waals surface area contributed by atoms with E-state index in [0.717, 1.165) is 25.7 Å². The topological polar surface area (TPSA) is 70.2 Å². The van der Waals surface area contributed by atoms with Gasteiger partial charge in [-0.2, -0.15) is 0 Å². The van der Waals surface area contributed by atoms with Crippen molar-refractivity contribution in [2.24, 2.45) is 5.92 Å². The molecule has 0 aromatic heterocycles. The molecule has 2 aromatic rings. The van der Waals surface area contributed by atoms with E-state index in [1.165, 1.54) is 6.42 Å². The summed E-state index contributed by atoms with van der Waals surface area (Å²) in [5.74, 6) is -0.195. The van der Waals surface area contributed by atoms with Crippen molar-refractivity contribution in [3.63, 3.8) is 0 Å². The lowest BCUT2D eigenvalue weighted by Crippen LogP contribution is -2.34. The predicted molar refractivity (Wildman–Crippen MR) is 117 cm³/mol. The summed E-state index contributed by atoms with van der Waals surface area (Å²) in [6.07, 6.45) is 5.33. The molecule has 7 heteroatoms. The second-order valence-electron chi connectivity index (χ2n) is 6.82. The fourth-order valence-electron chi connectivity index (χ4n) is 3.25. The molecule has 2 aromatic carbocycles. The van der Waals surface area contributed by atoms with E-state index >= 15 is 0 Å². The molecule has 0 radical (unpaired) electrons. The Kier molecular flexibility index (Phi) is 7.01. The first kappa shape index (κ1) is 20.3. The van der Waals surface area contributed by atoms with E-state index < -0.39 is 0 Å². The number of halogens is 1. The van der Waals surface area contributed by atoms with Crippen LogP contribution in [-0.2, 0) is 4.79 Å². The summed E-state index contributed by atoms with van der Waals surface area (Å²) in [7, 11) is 0. The van der Waals surface area contributed by atoms with Crippen LogP contribution in [-0.4, -0.2) is 16.9 Å². The van der Waals surface area contributed by atoms with Crippen LogP contribution in [0.5, 0.6) is 0 Å². The van der Waals surface area contributed by atoms with Crippen LogP contribution in [0.3, 0.4) is 0 Å². The van der Waals surface area contributed by atoms with Gasteiger partial charge in [-0.3, -0.25) is 14.9 Å². The van der Waals surface area contributed by atoms with Gasteiger partial charge >= 0.3 is 0 Å². The fraction of sp³-hybridized carbons (Fsp3) is 0.286. The highest BCUT2D eigenvalue weighted by atomic mass is 35.5. The van der Waals surface area contributed by atoms with Gasteiger partial charge in [0.2, 0.25) is 5.91 Å². The van der Waals surface area contributed by atoms with Gasteiger partial charge in [0.15, 0.2) is 5.11 Å². The molecule has 2 amide bonds. The third kappa shape index (κ3) is 5.78. The normalized spacial score (nSPS) is 14.2. The third-order valence-corrected chi connectivity index (χ3v) is 5.12. The summed E-state index contributed by atoms with van der Waals surface area (Å²) in [5.41, 5.74) is 1.80. The maximum atomic E-state index is 12.4. The lowest BCUT2D eigenvalue weighted by molar-refractivity contribution is -0.120. The Balaban J connectivity index is 1.56. The molecule has 28 heavy (non-hydrogen) atoms. The number of hydrogen-bond acceptors (Lipinski definition) is 3. The fourth-order valence-corrected chi connectivity index (χ4v) is 3.65. The lowest BCUT2D eigenvalue weighted by Gasteiger charge is -2.21. The largest absolute Gasteiger partial charge is 0.332 e. The van der Waals surface area contributed by atoms with Crippen LogP contribution in [0.4, 0.5) is 11.4 Å². The molecule has 0 unspecified atom stereocenters. The molecule has 1 fully saturated rings. The Morgan fingerprint density at radius 1 is 0.929 bits per heavy atom. The Morgan fingerprint density at radius 3 is 2.32 bits per heavy atom. The molecule has 0 spiro atoms. The number of thiocarbonyl (C=S) groups is 1. The molecular formula is C21H22ClN3O2S. The standard InChI is InChI=1S/C21H22ClN3O2S/c22-16-9-4-8-15(12-16)20(27)25-21(28)24-18-11-5-10-17(13-18)23-19(26)14-6-2-1-3-7-14/h4-5,8-14H,1-3,6-7H2,(H,23,26)(H2,24,25,27,28). The van der Waals surface area contributed by atoms with Crippen LogP contribution >= 0.6 is 23.8 Å². The van der Waals surface area contributed by atoms with E-state index in [2.05, 4.69) is 16.0 Å². The van der Waals surface area contributed by atoms with Crippen molar-refractivity contribution in [1.82, 2.24) is 5.32 Å². The molecule has 0 atom stereocenters. The van der Waals surface area contributed by atoms with E-state index in [9.17, 15) is 9.59 Å². The molecule has 1 saturated carbocycles. The Hall–Kier alpha value is -2.44. The van der Waals surface area contributed by atoms with Crippen LogP contribution in [0.2, 0.25) is 5.02 Å². The summed E-state index contributed by atoms with van der Waals surface area (Å²) >= 11 is 11.1. The van der Waals surface area contributed by atoms with E-state index in [1.54, 1.807) is 30.3 Å². The molecule has 146 valence electrons. The number of rotatable bonds is 4. The van der Waals surface area contributed by atoms with Crippen LogP contribution in [0.1, 0.15) is 42.5 Å². The number of amides is 2. The highest BCUT2D eigenvalue weighted by Gasteiger charge is 2.21. The molecule has 0 aliphatic heterocycles. The highest BCUT2D eigenvalue weighted by molar-refractivity contribution is 7.80. The number of benzene rings is 2. The maximum absolute atomic E-state index is 12.4. The van der Waals surface area contributed by atoms with Crippen molar-refractivity contribution >= 4 is 52.1 Å². The predicted octanol–water partition coefficient (Wildman–Crippen LogP) is 4.99. The second-order valence-corrected chi connectivity index (χ2v) is 7.67. The summed E-state index contributed by atoms with van der Waals surface area (Å²) in [5, 5.41) is 9.21. The van der Waals surface area contributed by atoms with E-state index in [1.807, 2.05) is 18.2 Å². The van der Waals surface area contributed by atoms with Crippen molar-refractivity contribution in [2.45, 2.75) is 32.1 Å². The minimum Gasteiger partial charge on any atom is -0.332 e. The van der Waals surface area contributed by atoms with Crippen LogP contribution in [0.25, 0.3) is 0 Å². The number of carbonyl (C=O) groups excluding carboxylic acids is 2. The van der Waals surface area contributed by atoms with Crippen molar-refractivity contribution < 1.29 is 9.59 Å². The minimum atomic E-state index is -0.346. The zero-order valence-electron chi connectivity index (χ0n) is 15.3. The first-order chi connectivity index (χ1) is 13.5. The molecule has 3 rings (SSSR count). The summed E-state index contributed by atoms with van der Waals surface area (Å²) < 4.78 is 0. The van der Waals surface area contributed by atoms with Gasteiger partial charge in [0.25, 0.3) is 5.91 Å². The molecular weight excluding hydrogens is 394 g/mol. The van der Waals surface area contributed by atoms with Gasteiger partial charge < -0.3 is 10.6 Å². The number of carbonyl (C=O) groups is 2. The summed E-state index contributed by atoms with van der Waals surface area (Å²) in [4.78, 5) is 24.6. The zero-order chi connectivity index (χ0) is 19.9.